The quantitative estimate of drug-likeness (QED) is 0.756. The zero-order valence-corrected chi connectivity index (χ0v) is 9.57. The van der Waals surface area contributed by atoms with E-state index >= 15 is 0 Å². The van der Waals surface area contributed by atoms with Gasteiger partial charge in [-0.2, -0.15) is 5.10 Å². The van der Waals surface area contributed by atoms with Gasteiger partial charge < -0.3 is 4.90 Å². The Morgan fingerprint density at radius 3 is 2.87 bits per heavy atom. The first-order valence-electron chi connectivity index (χ1n) is 5.22. The van der Waals surface area contributed by atoms with Crippen molar-refractivity contribution in [1.82, 2.24) is 14.7 Å². The lowest BCUT2D eigenvalue weighted by molar-refractivity contribution is 0.414. The Morgan fingerprint density at radius 1 is 1.33 bits per heavy atom. The van der Waals surface area contributed by atoms with Crippen molar-refractivity contribution in [2.75, 3.05) is 20.6 Å². The van der Waals surface area contributed by atoms with Crippen LogP contribution in [-0.4, -0.2) is 35.3 Å². The van der Waals surface area contributed by atoms with E-state index in [1.807, 2.05) is 17.9 Å². The van der Waals surface area contributed by atoms with Crippen molar-refractivity contribution < 1.29 is 0 Å². The second kappa shape index (κ2) is 4.03. The molecule has 0 aliphatic heterocycles. The van der Waals surface area contributed by atoms with E-state index in [0.717, 1.165) is 18.5 Å². The number of aromatic nitrogens is 2. The number of rotatable bonds is 3. The SMILES string of the molecule is CN(C)CCc1ccc2cn(C)nc2c1. The van der Waals surface area contributed by atoms with E-state index in [2.05, 4.69) is 42.3 Å². The van der Waals surface area contributed by atoms with Crippen LogP contribution in [0, 0.1) is 0 Å². The maximum absolute atomic E-state index is 4.40. The van der Waals surface area contributed by atoms with Gasteiger partial charge >= 0.3 is 0 Å². The summed E-state index contributed by atoms with van der Waals surface area (Å²) in [5, 5.41) is 5.62. The van der Waals surface area contributed by atoms with Crippen LogP contribution in [-0.2, 0) is 13.5 Å². The van der Waals surface area contributed by atoms with Gasteiger partial charge in [0.25, 0.3) is 0 Å². The summed E-state index contributed by atoms with van der Waals surface area (Å²) in [4.78, 5) is 2.20. The van der Waals surface area contributed by atoms with Gasteiger partial charge in [-0.1, -0.05) is 12.1 Å². The van der Waals surface area contributed by atoms with Crippen molar-refractivity contribution in [2.45, 2.75) is 6.42 Å². The topological polar surface area (TPSA) is 21.1 Å². The molecule has 0 saturated carbocycles. The Hall–Kier alpha value is -1.35. The zero-order chi connectivity index (χ0) is 10.8. The number of nitrogens with zero attached hydrogens (tertiary/aromatic N) is 3. The molecule has 0 atom stereocenters. The summed E-state index contributed by atoms with van der Waals surface area (Å²) >= 11 is 0. The Bertz CT molecular complexity index is 457. The van der Waals surface area contributed by atoms with Crippen LogP contribution >= 0.6 is 0 Å². The molecular formula is C12H17N3. The number of benzene rings is 1. The number of hydrogen-bond acceptors (Lipinski definition) is 2. The van der Waals surface area contributed by atoms with Crippen LogP contribution in [0.3, 0.4) is 0 Å². The summed E-state index contributed by atoms with van der Waals surface area (Å²) in [6, 6.07) is 6.51. The third kappa shape index (κ3) is 2.36. The van der Waals surface area contributed by atoms with Crippen LogP contribution in [0.1, 0.15) is 5.56 Å². The van der Waals surface area contributed by atoms with E-state index in [0.29, 0.717) is 0 Å². The number of likely N-dealkylation sites (N-methyl/N-ethyl adjacent to an activating group) is 1. The van der Waals surface area contributed by atoms with Crippen LogP contribution in [0.5, 0.6) is 0 Å². The van der Waals surface area contributed by atoms with Gasteiger partial charge in [0.2, 0.25) is 0 Å². The summed E-state index contributed by atoms with van der Waals surface area (Å²) < 4.78 is 1.86. The third-order valence-corrected chi connectivity index (χ3v) is 2.53. The summed E-state index contributed by atoms with van der Waals surface area (Å²) in [6.45, 7) is 1.08. The lowest BCUT2D eigenvalue weighted by Gasteiger charge is -2.08. The Labute approximate surface area is 90.3 Å². The first-order valence-corrected chi connectivity index (χ1v) is 5.22. The van der Waals surface area contributed by atoms with Crippen LogP contribution < -0.4 is 0 Å². The molecule has 80 valence electrons. The number of aryl methyl sites for hydroxylation is 1. The third-order valence-electron chi connectivity index (χ3n) is 2.53. The van der Waals surface area contributed by atoms with Crippen molar-refractivity contribution in [1.29, 1.82) is 0 Å². The van der Waals surface area contributed by atoms with Crippen LogP contribution in [0.15, 0.2) is 24.4 Å². The van der Waals surface area contributed by atoms with Gasteiger partial charge in [0.1, 0.15) is 0 Å². The normalized spacial score (nSPS) is 11.5. The van der Waals surface area contributed by atoms with Crippen LogP contribution in [0.4, 0.5) is 0 Å². The van der Waals surface area contributed by atoms with Crippen molar-refractivity contribution in [3.05, 3.63) is 30.0 Å². The van der Waals surface area contributed by atoms with Gasteiger partial charge in [0, 0.05) is 25.2 Å². The average Bonchev–Trinajstić information content (AvgIpc) is 2.53. The first kappa shape index (κ1) is 10.2. The van der Waals surface area contributed by atoms with Gasteiger partial charge in [-0.15, -0.1) is 0 Å². The molecule has 2 aromatic rings. The molecule has 3 nitrogen and oxygen atoms in total. The highest BCUT2D eigenvalue weighted by Gasteiger charge is 2.00. The highest BCUT2D eigenvalue weighted by molar-refractivity contribution is 5.78. The molecule has 15 heavy (non-hydrogen) atoms. The molecule has 0 radical (unpaired) electrons. The van der Waals surface area contributed by atoms with Crippen LogP contribution in [0.2, 0.25) is 0 Å². The molecule has 0 fully saturated rings. The highest BCUT2D eigenvalue weighted by atomic mass is 15.2. The van der Waals surface area contributed by atoms with Gasteiger partial charge in [0.15, 0.2) is 0 Å². The maximum Gasteiger partial charge on any atom is 0.0925 e. The minimum atomic E-state index is 1.08. The fourth-order valence-electron chi connectivity index (χ4n) is 1.69. The zero-order valence-electron chi connectivity index (χ0n) is 9.57. The van der Waals surface area contributed by atoms with Crippen molar-refractivity contribution in [3.63, 3.8) is 0 Å². The average molecular weight is 203 g/mol. The summed E-state index contributed by atoms with van der Waals surface area (Å²) in [6.07, 6.45) is 3.13. The van der Waals surface area contributed by atoms with E-state index in [1.165, 1.54) is 10.9 Å². The largest absolute Gasteiger partial charge is 0.309 e. The number of hydrogen-bond donors (Lipinski definition) is 0. The monoisotopic (exact) mass is 203 g/mol. The minimum absolute atomic E-state index is 1.08. The molecule has 0 N–H and O–H groups in total. The van der Waals surface area contributed by atoms with E-state index in [9.17, 15) is 0 Å². The molecule has 1 aromatic carbocycles. The molecule has 0 unspecified atom stereocenters. The van der Waals surface area contributed by atoms with E-state index in [4.69, 9.17) is 0 Å². The number of fused-ring (bicyclic) bond motifs is 1. The van der Waals surface area contributed by atoms with E-state index in [1.54, 1.807) is 0 Å². The second-order valence-corrected chi connectivity index (χ2v) is 4.25. The van der Waals surface area contributed by atoms with Crippen LogP contribution in [0.25, 0.3) is 10.9 Å². The molecule has 0 saturated heterocycles. The molecular weight excluding hydrogens is 186 g/mol. The molecule has 0 spiro atoms. The summed E-state index contributed by atoms with van der Waals surface area (Å²) in [5.41, 5.74) is 2.45. The molecule has 1 aromatic heterocycles. The first-order chi connectivity index (χ1) is 7.15. The molecule has 0 aliphatic rings. The van der Waals surface area contributed by atoms with Crippen molar-refractivity contribution in [2.24, 2.45) is 7.05 Å². The lowest BCUT2D eigenvalue weighted by Crippen LogP contribution is -2.14. The standard InChI is InChI=1S/C12H17N3/c1-14(2)7-6-10-4-5-11-9-15(3)13-12(11)8-10/h4-5,8-9H,6-7H2,1-3H3. The molecule has 0 bridgehead atoms. The second-order valence-electron chi connectivity index (χ2n) is 4.25. The van der Waals surface area contributed by atoms with Gasteiger partial charge in [-0.3, -0.25) is 4.68 Å². The van der Waals surface area contributed by atoms with Crippen molar-refractivity contribution in [3.8, 4) is 0 Å². The molecule has 2 rings (SSSR count). The molecule has 0 amide bonds. The molecule has 1 heterocycles. The highest BCUT2D eigenvalue weighted by Crippen LogP contribution is 2.14. The Morgan fingerprint density at radius 2 is 2.13 bits per heavy atom. The van der Waals surface area contributed by atoms with E-state index in [-0.39, 0.29) is 0 Å². The lowest BCUT2D eigenvalue weighted by atomic mass is 10.1. The van der Waals surface area contributed by atoms with Gasteiger partial charge in [0.05, 0.1) is 5.52 Å². The minimum Gasteiger partial charge on any atom is -0.309 e. The summed E-state index contributed by atoms with van der Waals surface area (Å²) in [5.74, 6) is 0. The van der Waals surface area contributed by atoms with E-state index < -0.39 is 0 Å². The predicted octanol–water partition coefficient (Wildman–Crippen LogP) is 1.68. The fourth-order valence-corrected chi connectivity index (χ4v) is 1.69. The molecule has 0 aliphatic carbocycles. The van der Waals surface area contributed by atoms with Gasteiger partial charge in [-0.25, -0.2) is 0 Å². The fraction of sp³-hybridized carbons (Fsp3) is 0.417. The van der Waals surface area contributed by atoms with Gasteiger partial charge in [-0.05, 0) is 32.1 Å². The predicted molar refractivity (Wildman–Crippen MR) is 63.0 cm³/mol. The van der Waals surface area contributed by atoms with Crippen molar-refractivity contribution >= 4 is 10.9 Å². The maximum atomic E-state index is 4.40. The molecule has 3 heteroatoms. The Kier molecular flexibility index (Phi) is 2.73. The smallest absolute Gasteiger partial charge is 0.0925 e. The summed E-state index contributed by atoms with van der Waals surface area (Å²) in [7, 11) is 6.15. The Balaban J connectivity index is 2.22.